The average molecular weight is 528 g/mol. The van der Waals surface area contributed by atoms with Crippen molar-refractivity contribution in [1.29, 1.82) is 0 Å². The van der Waals surface area contributed by atoms with Gasteiger partial charge in [0.15, 0.2) is 0 Å². The van der Waals surface area contributed by atoms with Gasteiger partial charge in [-0.05, 0) is 74.2 Å². The summed E-state index contributed by atoms with van der Waals surface area (Å²) >= 11 is 15.4. The molecule has 0 fully saturated rings. The molecule has 0 aliphatic carbocycles. The molecule has 4 nitrogen and oxygen atoms in total. The number of hydrogen-bond acceptors (Lipinski definition) is 3. The third-order valence-electron chi connectivity index (χ3n) is 4.77. The molecule has 1 N–H and O–H groups in total. The van der Waals surface area contributed by atoms with Crippen molar-refractivity contribution in [2.24, 2.45) is 5.10 Å². The second kappa shape index (κ2) is 10.2. The van der Waals surface area contributed by atoms with Crippen LogP contribution in [0.2, 0.25) is 10.0 Å². The van der Waals surface area contributed by atoms with Crippen LogP contribution >= 0.6 is 39.1 Å². The van der Waals surface area contributed by atoms with Crippen molar-refractivity contribution >= 4 is 62.0 Å². The fourth-order valence-corrected chi connectivity index (χ4v) is 4.19. The van der Waals surface area contributed by atoms with Crippen LogP contribution in [-0.4, -0.2) is 12.1 Å². The fourth-order valence-electron chi connectivity index (χ4n) is 3.19. The lowest BCUT2D eigenvalue weighted by molar-refractivity contribution is 0.0955. The highest BCUT2D eigenvalue weighted by Crippen LogP contribution is 2.28. The Balaban J connectivity index is 1.40. The number of nitrogens with one attached hydrogen (secondary N) is 1. The number of nitrogens with zero attached hydrogens (tertiary/aromatic N) is 1. The molecule has 0 atom stereocenters. The highest BCUT2D eigenvalue weighted by Gasteiger charge is 2.10. The molecule has 4 aromatic carbocycles. The first-order chi connectivity index (χ1) is 15.5. The van der Waals surface area contributed by atoms with Crippen LogP contribution in [0.4, 0.5) is 0 Å². The third-order valence-corrected chi connectivity index (χ3v) is 5.94. The zero-order valence-corrected chi connectivity index (χ0v) is 19.8. The van der Waals surface area contributed by atoms with Crippen LogP contribution < -0.4 is 10.2 Å². The Morgan fingerprint density at radius 3 is 2.62 bits per heavy atom. The van der Waals surface area contributed by atoms with Crippen LogP contribution in [0.1, 0.15) is 21.5 Å². The lowest BCUT2D eigenvalue weighted by Gasteiger charge is -2.11. The van der Waals surface area contributed by atoms with Gasteiger partial charge < -0.3 is 4.74 Å². The van der Waals surface area contributed by atoms with Crippen LogP contribution in [0.25, 0.3) is 10.8 Å². The molecule has 0 unspecified atom stereocenters. The molecule has 0 saturated heterocycles. The van der Waals surface area contributed by atoms with Gasteiger partial charge in [-0.2, -0.15) is 5.10 Å². The number of hydrogen-bond donors (Lipinski definition) is 1. The maximum atomic E-state index is 12.2. The van der Waals surface area contributed by atoms with Gasteiger partial charge in [0.25, 0.3) is 5.91 Å². The number of hydrazone groups is 1. The molecule has 0 spiro atoms. The standard InChI is InChI=1S/C25H17BrCl2N2O2/c26-22-12-16(14-29-30-25(31)21-10-9-19(27)13-23(21)28)8-11-24(22)32-15-18-6-3-5-17-4-1-2-7-20(17)18/h1-14H,15H2,(H,30,31)/b29-14-. The first-order valence-corrected chi connectivity index (χ1v) is 11.2. The summed E-state index contributed by atoms with van der Waals surface area (Å²) in [5.41, 5.74) is 4.66. The summed E-state index contributed by atoms with van der Waals surface area (Å²) in [4.78, 5) is 12.2. The number of carbonyl (C=O) groups is 1. The molecular formula is C25H17BrCl2N2O2. The molecule has 7 heteroatoms. The van der Waals surface area contributed by atoms with Crippen molar-refractivity contribution in [2.45, 2.75) is 6.61 Å². The predicted molar refractivity (Wildman–Crippen MR) is 134 cm³/mol. The van der Waals surface area contributed by atoms with Gasteiger partial charge in [0.05, 0.1) is 21.3 Å². The summed E-state index contributed by atoms with van der Waals surface area (Å²) in [7, 11) is 0. The van der Waals surface area contributed by atoms with Gasteiger partial charge in [-0.25, -0.2) is 5.43 Å². The number of fused-ring (bicyclic) bond motifs is 1. The molecule has 4 rings (SSSR count). The minimum atomic E-state index is -0.419. The Kier molecular flexibility index (Phi) is 7.10. The highest BCUT2D eigenvalue weighted by atomic mass is 79.9. The molecular weight excluding hydrogens is 511 g/mol. The van der Waals surface area contributed by atoms with Gasteiger partial charge in [-0.1, -0.05) is 65.7 Å². The number of carbonyl (C=O) groups excluding carboxylic acids is 1. The summed E-state index contributed by atoms with van der Waals surface area (Å²) in [6.07, 6.45) is 1.54. The Hall–Kier alpha value is -2.86. The van der Waals surface area contributed by atoms with E-state index in [2.05, 4.69) is 50.7 Å². The van der Waals surface area contributed by atoms with Gasteiger partial charge >= 0.3 is 0 Å². The normalized spacial score (nSPS) is 11.1. The van der Waals surface area contributed by atoms with E-state index in [0.29, 0.717) is 22.9 Å². The van der Waals surface area contributed by atoms with E-state index in [-0.39, 0.29) is 5.02 Å². The number of amides is 1. The van der Waals surface area contributed by atoms with Crippen molar-refractivity contribution in [2.75, 3.05) is 0 Å². The van der Waals surface area contributed by atoms with E-state index < -0.39 is 5.91 Å². The largest absolute Gasteiger partial charge is 0.488 e. The SMILES string of the molecule is O=C(N/N=C\c1ccc(OCc2cccc3ccccc23)c(Br)c1)c1ccc(Cl)cc1Cl. The molecule has 32 heavy (non-hydrogen) atoms. The topological polar surface area (TPSA) is 50.7 Å². The molecule has 160 valence electrons. The minimum Gasteiger partial charge on any atom is -0.488 e. The predicted octanol–water partition coefficient (Wildman–Crippen LogP) is 7.25. The van der Waals surface area contributed by atoms with Crippen LogP contribution in [0.3, 0.4) is 0 Å². The lowest BCUT2D eigenvalue weighted by atomic mass is 10.1. The van der Waals surface area contributed by atoms with Gasteiger partial charge in [0, 0.05) is 5.02 Å². The van der Waals surface area contributed by atoms with Crippen LogP contribution in [0, 0.1) is 0 Å². The second-order valence-electron chi connectivity index (χ2n) is 6.94. The van der Waals surface area contributed by atoms with Crippen LogP contribution in [-0.2, 0) is 6.61 Å². The summed E-state index contributed by atoms with van der Waals surface area (Å²) < 4.78 is 6.81. The Morgan fingerprint density at radius 2 is 1.81 bits per heavy atom. The number of rotatable bonds is 6. The summed E-state index contributed by atoms with van der Waals surface area (Å²) in [5.74, 6) is 0.295. The number of benzene rings is 4. The quantitative estimate of drug-likeness (QED) is 0.212. The van der Waals surface area contributed by atoms with E-state index in [1.54, 1.807) is 18.3 Å². The molecule has 0 aliphatic rings. The summed E-state index contributed by atoms with van der Waals surface area (Å²) in [5, 5.41) is 7.08. The van der Waals surface area contributed by atoms with E-state index in [1.807, 2.05) is 36.4 Å². The van der Waals surface area contributed by atoms with Gasteiger partial charge in [-0.3, -0.25) is 4.79 Å². The molecule has 0 heterocycles. The molecule has 0 bridgehead atoms. The molecule has 4 aromatic rings. The van der Waals surface area contributed by atoms with Crippen molar-refractivity contribution < 1.29 is 9.53 Å². The van der Waals surface area contributed by atoms with E-state index in [0.717, 1.165) is 15.6 Å². The van der Waals surface area contributed by atoms with E-state index in [9.17, 15) is 4.79 Å². The van der Waals surface area contributed by atoms with E-state index >= 15 is 0 Å². The molecule has 0 aliphatic heterocycles. The maximum Gasteiger partial charge on any atom is 0.272 e. The smallest absolute Gasteiger partial charge is 0.272 e. The zero-order valence-electron chi connectivity index (χ0n) is 16.7. The first-order valence-electron chi connectivity index (χ1n) is 9.69. The molecule has 0 radical (unpaired) electrons. The first kappa shape index (κ1) is 22.3. The lowest BCUT2D eigenvalue weighted by Crippen LogP contribution is -2.18. The van der Waals surface area contributed by atoms with Gasteiger partial charge in [0.2, 0.25) is 0 Å². The number of halogens is 3. The van der Waals surface area contributed by atoms with Crippen molar-refractivity contribution in [3.05, 3.63) is 110 Å². The zero-order chi connectivity index (χ0) is 22.5. The Morgan fingerprint density at radius 1 is 1.00 bits per heavy atom. The minimum absolute atomic E-state index is 0.264. The van der Waals surface area contributed by atoms with Crippen molar-refractivity contribution in [1.82, 2.24) is 5.43 Å². The average Bonchev–Trinajstić information content (AvgIpc) is 2.78. The van der Waals surface area contributed by atoms with Crippen LogP contribution in [0.15, 0.2) is 88.4 Å². The fraction of sp³-hybridized carbons (Fsp3) is 0.0400. The van der Waals surface area contributed by atoms with Gasteiger partial charge in [0.1, 0.15) is 12.4 Å². The Labute approximate surface area is 203 Å². The van der Waals surface area contributed by atoms with Gasteiger partial charge in [-0.15, -0.1) is 0 Å². The van der Waals surface area contributed by atoms with E-state index in [1.165, 1.54) is 16.8 Å². The van der Waals surface area contributed by atoms with Crippen LogP contribution in [0.5, 0.6) is 5.75 Å². The molecule has 0 aromatic heterocycles. The summed E-state index contributed by atoms with van der Waals surface area (Å²) in [6.45, 7) is 0.450. The van der Waals surface area contributed by atoms with Crippen molar-refractivity contribution in [3.8, 4) is 5.75 Å². The Bertz CT molecular complexity index is 1320. The summed E-state index contributed by atoms with van der Waals surface area (Å²) in [6, 6.07) is 24.6. The highest BCUT2D eigenvalue weighted by molar-refractivity contribution is 9.10. The molecule has 0 saturated carbocycles. The second-order valence-corrected chi connectivity index (χ2v) is 8.64. The maximum absolute atomic E-state index is 12.2. The molecule has 1 amide bonds. The number of ether oxygens (including phenoxy) is 1. The monoisotopic (exact) mass is 526 g/mol. The van der Waals surface area contributed by atoms with E-state index in [4.69, 9.17) is 27.9 Å². The van der Waals surface area contributed by atoms with Crippen molar-refractivity contribution in [3.63, 3.8) is 0 Å². The third kappa shape index (κ3) is 5.30.